The third-order valence-corrected chi connectivity index (χ3v) is 2.51. The van der Waals surface area contributed by atoms with Gasteiger partial charge in [-0.25, -0.2) is 0 Å². The molecule has 0 spiro atoms. The topological polar surface area (TPSA) is 50.5 Å². The first-order valence-electron chi connectivity index (χ1n) is 5.92. The second kappa shape index (κ2) is 6.74. The van der Waals surface area contributed by atoms with Crippen molar-refractivity contribution in [3.05, 3.63) is 18.0 Å². The van der Waals surface area contributed by atoms with Crippen molar-refractivity contribution in [2.75, 3.05) is 27.3 Å². The molecule has 0 radical (unpaired) electrons. The molecule has 1 aromatic rings. The van der Waals surface area contributed by atoms with E-state index in [0.717, 1.165) is 12.2 Å². The Balaban J connectivity index is 2.41. The molecule has 0 aliphatic carbocycles. The molecular formula is C12H23N3O2. The third kappa shape index (κ3) is 4.85. The SMILES string of the molecule is COCC(O)CN(C)Cc1ccn(C(C)C)n1. The largest absolute Gasteiger partial charge is 0.389 e. The molecule has 1 aromatic heterocycles. The lowest BCUT2D eigenvalue weighted by Gasteiger charge is -2.19. The van der Waals surface area contributed by atoms with Gasteiger partial charge in [0.05, 0.1) is 18.4 Å². The molecule has 1 rings (SSSR count). The molecular weight excluding hydrogens is 218 g/mol. The number of hydrogen-bond acceptors (Lipinski definition) is 4. The van der Waals surface area contributed by atoms with E-state index in [4.69, 9.17) is 4.74 Å². The Morgan fingerprint density at radius 3 is 2.76 bits per heavy atom. The van der Waals surface area contributed by atoms with Crippen LogP contribution in [0, 0.1) is 0 Å². The van der Waals surface area contributed by atoms with Crippen molar-refractivity contribution in [3.63, 3.8) is 0 Å². The number of nitrogens with zero attached hydrogens (tertiary/aromatic N) is 3. The van der Waals surface area contributed by atoms with Crippen LogP contribution in [0.4, 0.5) is 0 Å². The summed E-state index contributed by atoms with van der Waals surface area (Å²) in [6, 6.07) is 2.40. The molecule has 5 heteroatoms. The summed E-state index contributed by atoms with van der Waals surface area (Å²) in [5, 5.41) is 14.1. The highest BCUT2D eigenvalue weighted by atomic mass is 16.5. The van der Waals surface area contributed by atoms with Crippen LogP contribution < -0.4 is 0 Å². The first-order valence-corrected chi connectivity index (χ1v) is 5.92. The van der Waals surface area contributed by atoms with Crippen molar-refractivity contribution in [3.8, 4) is 0 Å². The number of aromatic nitrogens is 2. The molecule has 0 aliphatic rings. The van der Waals surface area contributed by atoms with Crippen LogP contribution in [-0.4, -0.2) is 53.2 Å². The monoisotopic (exact) mass is 241 g/mol. The van der Waals surface area contributed by atoms with Gasteiger partial charge in [-0.05, 0) is 27.0 Å². The lowest BCUT2D eigenvalue weighted by molar-refractivity contribution is 0.0416. The maximum atomic E-state index is 9.60. The molecule has 0 aliphatic heterocycles. The number of likely N-dealkylation sites (N-methyl/N-ethyl adjacent to an activating group) is 1. The van der Waals surface area contributed by atoms with Crippen molar-refractivity contribution in [1.82, 2.24) is 14.7 Å². The number of ether oxygens (including phenoxy) is 1. The molecule has 0 saturated carbocycles. The number of hydrogen-bond donors (Lipinski definition) is 1. The molecule has 0 fully saturated rings. The smallest absolute Gasteiger partial charge is 0.0900 e. The Kier molecular flexibility index (Phi) is 5.61. The van der Waals surface area contributed by atoms with Crippen LogP contribution in [0.15, 0.2) is 12.3 Å². The average Bonchev–Trinajstić information content (AvgIpc) is 2.66. The second-order valence-corrected chi connectivity index (χ2v) is 4.69. The van der Waals surface area contributed by atoms with Crippen molar-refractivity contribution in [2.24, 2.45) is 0 Å². The predicted molar refractivity (Wildman–Crippen MR) is 66.8 cm³/mol. The molecule has 1 N–H and O–H groups in total. The van der Waals surface area contributed by atoms with E-state index < -0.39 is 6.10 Å². The van der Waals surface area contributed by atoms with Crippen molar-refractivity contribution < 1.29 is 9.84 Å². The number of rotatable bonds is 7. The Morgan fingerprint density at radius 2 is 2.24 bits per heavy atom. The van der Waals surface area contributed by atoms with Gasteiger partial charge in [-0.15, -0.1) is 0 Å². The van der Waals surface area contributed by atoms with Gasteiger partial charge in [0.25, 0.3) is 0 Å². The zero-order chi connectivity index (χ0) is 12.8. The molecule has 1 heterocycles. The molecule has 0 amide bonds. The van der Waals surface area contributed by atoms with E-state index in [-0.39, 0.29) is 0 Å². The van der Waals surface area contributed by atoms with E-state index in [1.54, 1.807) is 7.11 Å². The molecule has 0 bridgehead atoms. The van der Waals surface area contributed by atoms with E-state index in [0.29, 0.717) is 19.2 Å². The maximum absolute atomic E-state index is 9.60. The predicted octanol–water partition coefficient (Wildman–Crippen LogP) is 0.903. The summed E-state index contributed by atoms with van der Waals surface area (Å²) in [7, 11) is 3.56. The summed E-state index contributed by atoms with van der Waals surface area (Å²) < 4.78 is 6.83. The van der Waals surface area contributed by atoms with Gasteiger partial charge in [0.15, 0.2) is 0 Å². The van der Waals surface area contributed by atoms with Gasteiger partial charge in [-0.1, -0.05) is 0 Å². The number of aliphatic hydroxyl groups excluding tert-OH is 1. The molecule has 17 heavy (non-hydrogen) atoms. The Labute approximate surface area is 103 Å². The lowest BCUT2D eigenvalue weighted by atomic mass is 10.3. The minimum Gasteiger partial charge on any atom is -0.389 e. The maximum Gasteiger partial charge on any atom is 0.0900 e. The Bertz CT molecular complexity index is 325. The van der Waals surface area contributed by atoms with Crippen LogP contribution in [0.25, 0.3) is 0 Å². The zero-order valence-corrected chi connectivity index (χ0v) is 11.1. The van der Waals surface area contributed by atoms with Crippen LogP contribution >= 0.6 is 0 Å². The Morgan fingerprint density at radius 1 is 1.53 bits per heavy atom. The average molecular weight is 241 g/mol. The number of methoxy groups -OCH3 is 1. The van der Waals surface area contributed by atoms with E-state index in [1.807, 2.05) is 28.9 Å². The summed E-state index contributed by atoms with van der Waals surface area (Å²) in [4.78, 5) is 2.04. The van der Waals surface area contributed by atoms with Gasteiger partial charge in [-0.3, -0.25) is 9.58 Å². The minimum atomic E-state index is -0.447. The lowest BCUT2D eigenvalue weighted by Crippen LogP contribution is -2.31. The summed E-state index contributed by atoms with van der Waals surface area (Å²) in [5.74, 6) is 0. The van der Waals surface area contributed by atoms with Crippen molar-refractivity contribution in [1.29, 1.82) is 0 Å². The summed E-state index contributed by atoms with van der Waals surface area (Å²) in [5.41, 5.74) is 1.02. The van der Waals surface area contributed by atoms with E-state index in [2.05, 4.69) is 18.9 Å². The molecule has 98 valence electrons. The first kappa shape index (κ1) is 14.2. The highest BCUT2D eigenvalue weighted by molar-refractivity contribution is 4.99. The fraction of sp³-hybridized carbons (Fsp3) is 0.750. The number of aliphatic hydroxyl groups is 1. The quantitative estimate of drug-likeness (QED) is 0.770. The molecule has 5 nitrogen and oxygen atoms in total. The van der Waals surface area contributed by atoms with Gasteiger partial charge < -0.3 is 9.84 Å². The standard InChI is InChI=1S/C12H23N3O2/c1-10(2)15-6-5-11(13-15)7-14(3)8-12(16)9-17-4/h5-6,10,12,16H,7-9H2,1-4H3. The van der Waals surface area contributed by atoms with Gasteiger partial charge in [0, 0.05) is 32.4 Å². The van der Waals surface area contributed by atoms with Gasteiger partial charge in [-0.2, -0.15) is 5.10 Å². The molecule has 0 aromatic carbocycles. The van der Waals surface area contributed by atoms with Crippen LogP contribution in [0.1, 0.15) is 25.6 Å². The van der Waals surface area contributed by atoms with Crippen LogP contribution in [0.3, 0.4) is 0 Å². The minimum absolute atomic E-state index is 0.366. The molecule has 1 unspecified atom stereocenters. The highest BCUT2D eigenvalue weighted by Gasteiger charge is 2.10. The fourth-order valence-corrected chi connectivity index (χ4v) is 1.70. The van der Waals surface area contributed by atoms with Crippen molar-refractivity contribution in [2.45, 2.75) is 32.5 Å². The highest BCUT2D eigenvalue weighted by Crippen LogP contribution is 2.06. The fourth-order valence-electron chi connectivity index (χ4n) is 1.70. The Hall–Kier alpha value is -0.910. The van der Waals surface area contributed by atoms with Gasteiger partial charge in [0.1, 0.15) is 0 Å². The zero-order valence-electron chi connectivity index (χ0n) is 11.1. The third-order valence-electron chi connectivity index (χ3n) is 2.51. The van der Waals surface area contributed by atoms with Gasteiger partial charge >= 0.3 is 0 Å². The van der Waals surface area contributed by atoms with Crippen molar-refractivity contribution >= 4 is 0 Å². The molecule has 0 saturated heterocycles. The van der Waals surface area contributed by atoms with Crippen LogP contribution in [-0.2, 0) is 11.3 Å². The summed E-state index contributed by atoms with van der Waals surface area (Å²) in [6.07, 6.45) is 1.54. The van der Waals surface area contributed by atoms with E-state index >= 15 is 0 Å². The second-order valence-electron chi connectivity index (χ2n) is 4.69. The normalized spacial score (nSPS) is 13.6. The van der Waals surface area contributed by atoms with E-state index in [9.17, 15) is 5.11 Å². The van der Waals surface area contributed by atoms with Crippen LogP contribution in [0.2, 0.25) is 0 Å². The summed E-state index contributed by atoms with van der Waals surface area (Å²) in [6.45, 7) is 5.89. The van der Waals surface area contributed by atoms with E-state index in [1.165, 1.54) is 0 Å². The van der Waals surface area contributed by atoms with Gasteiger partial charge in [0.2, 0.25) is 0 Å². The first-order chi connectivity index (χ1) is 8.02. The van der Waals surface area contributed by atoms with Crippen LogP contribution in [0.5, 0.6) is 0 Å². The summed E-state index contributed by atoms with van der Waals surface area (Å²) >= 11 is 0. The molecule has 1 atom stereocenters.